The van der Waals surface area contributed by atoms with Crippen LogP contribution in [0.3, 0.4) is 0 Å². The highest BCUT2D eigenvalue weighted by atomic mass is 32.2. The van der Waals surface area contributed by atoms with Gasteiger partial charge in [0.05, 0.1) is 12.3 Å². The number of hydrogen-bond donors (Lipinski definition) is 3. The minimum Gasteiger partial charge on any atom is -0.361 e. The average molecular weight is 420 g/mol. The maximum Gasteiger partial charge on any atom is 0.209 e. The number of hydrogen-bond acceptors (Lipinski definition) is 3. The van der Waals surface area contributed by atoms with Crippen LogP contribution in [-0.2, 0) is 22.0 Å². The second-order valence-electron chi connectivity index (χ2n) is 7.86. The molecule has 2 aromatic carbocycles. The minimum absolute atomic E-state index is 0.127. The first kappa shape index (κ1) is 22.3. The van der Waals surface area contributed by atoms with Gasteiger partial charge in [-0.25, -0.2) is 13.1 Å². The van der Waals surface area contributed by atoms with Gasteiger partial charge in [-0.05, 0) is 34.3 Å². The summed E-state index contributed by atoms with van der Waals surface area (Å²) in [4.78, 5) is 0. The summed E-state index contributed by atoms with van der Waals surface area (Å²) in [7, 11) is -3.34. The molecule has 0 saturated heterocycles. The summed E-state index contributed by atoms with van der Waals surface area (Å²) in [6.07, 6.45) is 1.15. The fourth-order valence-corrected chi connectivity index (χ4v) is 3.63. The molecule has 0 saturated carbocycles. The molecule has 0 aromatic heterocycles. The molecule has 1 unspecified atom stereocenters. The van der Waals surface area contributed by atoms with Crippen LogP contribution >= 0.6 is 12.2 Å². The molecule has 0 bridgehead atoms. The minimum atomic E-state index is -3.34. The van der Waals surface area contributed by atoms with Crippen molar-refractivity contribution in [3.05, 3.63) is 71.3 Å². The fourth-order valence-electron chi connectivity index (χ4n) is 2.73. The lowest BCUT2D eigenvalue weighted by Crippen LogP contribution is -2.41. The Bertz CT molecular complexity index is 874. The smallest absolute Gasteiger partial charge is 0.209 e. The summed E-state index contributed by atoms with van der Waals surface area (Å²) in [6, 6.07) is 17.5. The van der Waals surface area contributed by atoms with Crippen molar-refractivity contribution in [2.24, 2.45) is 0 Å². The normalized spacial score (nSPS) is 13.0. The van der Waals surface area contributed by atoms with Crippen LogP contribution in [0.4, 0.5) is 0 Å². The van der Waals surface area contributed by atoms with E-state index in [0.29, 0.717) is 18.2 Å². The van der Waals surface area contributed by atoms with Crippen molar-refractivity contribution in [1.82, 2.24) is 15.4 Å². The van der Waals surface area contributed by atoms with Crippen LogP contribution in [0.5, 0.6) is 0 Å². The lowest BCUT2D eigenvalue weighted by Gasteiger charge is -2.20. The largest absolute Gasteiger partial charge is 0.361 e. The first-order valence-corrected chi connectivity index (χ1v) is 11.5. The zero-order chi connectivity index (χ0) is 20.8. The van der Waals surface area contributed by atoms with Gasteiger partial charge in [0.2, 0.25) is 10.0 Å². The van der Waals surface area contributed by atoms with E-state index in [-0.39, 0.29) is 5.41 Å². The maximum atomic E-state index is 11.7. The molecule has 5 nitrogen and oxygen atoms in total. The molecule has 2 aromatic rings. The second kappa shape index (κ2) is 9.49. The Hall–Kier alpha value is -1.96. The van der Waals surface area contributed by atoms with Crippen LogP contribution in [0.25, 0.3) is 0 Å². The third-order valence-electron chi connectivity index (χ3n) is 4.30. The molecule has 7 heteroatoms. The molecule has 3 N–H and O–H groups in total. The van der Waals surface area contributed by atoms with Gasteiger partial charge in [-0.3, -0.25) is 0 Å². The summed E-state index contributed by atoms with van der Waals surface area (Å²) in [5.74, 6) is 0. The number of benzene rings is 2. The Morgan fingerprint density at radius 3 is 2.14 bits per heavy atom. The third-order valence-corrected chi connectivity index (χ3v) is 5.30. The lowest BCUT2D eigenvalue weighted by atomic mass is 9.87. The van der Waals surface area contributed by atoms with Gasteiger partial charge in [-0.2, -0.15) is 0 Å². The van der Waals surface area contributed by atoms with Gasteiger partial charge < -0.3 is 10.6 Å². The highest BCUT2D eigenvalue weighted by Gasteiger charge is 2.16. The number of sulfonamides is 1. The molecule has 0 spiro atoms. The molecule has 1 atom stereocenters. The van der Waals surface area contributed by atoms with Gasteiger partial charge >= 0.3 is 0 Å². The number of rotatable bonds is 7. The van der Waals surface area contributed by atoms with E-state index in [0.717, 1.165) is 17.4 Å². The van der Waals surface area contributed by atoms with Crippen molar-refractivity contribution in [3.63, 3.8) is 0 Å². The topological polar surface area (TPSA) is 70.2 Å². The van der Waals surface area contributed by atoms with Gasteiger partial charge in [0.1, 0.15) is 0 Å². The van der Waals surface area contributed by atoms with Crippen molar-refractivity contribution in [1.29, 1.82) is 0 Å². The molecular weight excluding hydrogens is 390 g/mol. The Morgan fingerprint density at radius 2 is 1.61 bits per heavy atom. The van der Waals surface area contributed by atoms with E-state index in [4.69, 9.17) is 12.2 Å². The average Bonchev–Trinajstić information content (AvgIpc) is 2.63. The van der Waals surface area contributed by atoms with Crippen molar-refractivity contribution in [3.8, 4) is 0 Å². The van der Waals surface area contributed by atoms with Crippen LogP contribution in [0, 0.1) is 0 Å². The Morgan fingerprint density at radius 1 is 1.00 bits per heavy atom. The molecule has 28 heavy (non-hydrogen) atoms. The third kappa shape index (κ3) is 7.58. The fraction of sp³-hybridized carbons (Fsp3) is 0.381. The van der Waals surface area contributed by atoms with E-state index in [2.05, 4.69) is 60.4 Å². The molecule has 0 fully saturated rings. The van der Waals surface area contributed by atoms with Crippen LogP contribution in [0.1, 0.15) is 43.5 Å². The predicted molar refractivity (Wildman–Crippen MR) is 120 cm³/mol. The van der Waals surface area contributed by atoms with E-state index in [1.807, 2.05) is 30.3 Å². The summed E-state index contributed by atoms with van der Waals surface area (Å²) in [5.41, 5.74) is 3.42. The van der Waals surface area contributed by atoms with Gasteiger partial charge in [-0.15, -0.1) is 0 Å². The van der Waals surface area contributed by atoms with Crippen LogP contribution in [0.15, 0.2) is 54.6 Å². The Balaban J connectivity index is 1.90. The van der Waals surface area contributed by atoms with E-state index in [1.54, 1.807) is 0 Å². The first-order chi connectivity index (χ1) is 13.0. The Kier molecular flexibility index (Phi) is 7.57. The quantitative estimate of drug-likeness (QED) is 0.601. The van der Waals surface area contributed by atoms with Crippen LogP contribution < -0.4 is 15.4 Å². The van der Waals surface area contributed by atoms with Crippen molar-refractivity contribution in [2.45, 2.75) is 38.8 Å². The molecule has 0 amide bonds. The van der Waals surface area contributed by atoms with Crippen LogP contribution in [-0.4, -0.2) is 26.3 Å². The summed E-state index contributed by atoms with van der Waals surface area (Å²) in [5, 5.41) is 6.76. The first-order valence-electron chi connectivity index (χ1n) is 9.18. The Labute approximate surface area is 174 Å². The zero-order valence-electron chi connectivity index (χ0n) is 16.8. The zero-order valence-corrected chi connectivity index (χ0v) is 18.5. The van der Waals surface area contributed by atoms with Crippen molar-refractivity contribution in [2.75, 3.05) is 12.8 Å². The molecule has 0 aliphatic carbocycles. The molecule has 152 valence electrons. The maximum absolute atomic E-state index is 11.7. The van der Waals surface area contributed by atoms with E-state index < -0.39 is 16.1 Å². The number of nitrogens with one attached hydrogen (secondary N) is 3. The number of thiocarbonyl (C=S) groups is 1. The highest BCUT2D eigenvalue weighted by molar-refractivity contribution is 7.88. The second-order valence-corrected chi connectivity index (χ2v) is 10.1. The highest BCUT2D eigenvalue weighted by Crippen LogP contribution is 2.22. The lowest BCUT2D eigenvalue weighted by molar-refractivity contribution is 0.556. The molecular formula is C21H29N3O2S2. The van der Waals surface area contributed by atoms with Gasteiger partial charge in [0.25, 0.3) is 0 Å². The van der Waals surface area contributed by atoms with Crippen molar-refractivity contribution >= 4 is 27.4 Å². The van der Waals surface area contributed by atoms with Gasteiger partial charge in [0.15, 0.2) is 5.11 Å². The van der Waals surface area contributed by atoms with E-state index in [1.165, 1.54) is 5.56 Å². The molecule has 2 rings (SSSR count). The molecule has 0 aliphatic heterocycles. The summed E-state index contributed by atoms with van der Waals surface area (Å²) >= 11 is 5.35. The monoisotopic (exact) mass is 419 g/mol. The molecule has 0 radical (unpaired) electrons. The van der Waals surface area contributed by atoms with Crippen molar-refractivity contribution < 1.29 is 8.42 Å². The molecule has 0 aliphatic rings. The van der Waals surface area contributed by atoms with E-state index in [9.17, 15) is 8.42 Å². The predicted octanol–water partition coefficient (Wildman–Crippen LogP) is 3.24. The standard InChI is InChI=1S/C21H29N3O2S2/c1-21(2,3)18-12-10-16(11-13-18)14-22-20(27)23-15-19(24-28(4,25)26)17-8-6-5-7-9-17/h5-13,19,24H,14-15H2,1-4H3,(H2,22,23,27). The van der Waals surface area contributed by atoms with Gasteiger partial charge in [-0.1, -0.05) is 75.4 Å². The summed E-state index contributed by atoms with van der Waals surface area (Å²) in [6.45, 7) is 7.52. The van der Waals surface area contributed by atoms with Gasteiger partial charge in [0, 0.05) is 13.1 Å². The van der Waals surface area contributed by atoms with Crippen LogP contribution in [0.2, 0.25) is 0 Å². The SMILES string of the molecule is CC(C)(C)c1ccc(CNC(=S)NCC(NS(C)(=O)=O)c2ccccc2)cc1. The molecule has 0 heterocycles. The summed E-state index contributed by atoms with van der Waals surface area (Å²) < 4.78 is 26.0. The van der Waals surface area contributed by atoms with E-state index >= 15 is 0 Å².